The lowest BCUT2D eigenvalue weighted by molar-refractivity contribution is -0.111. The van der Waals surface area contributed by atoms with Crippen molar-refractivity contribution in [3.05, 3.63) is 40.4 Å². The maximum atomic E-state index is 11.7. The molecule has 2 rings (SSSR count). The van der Waals surface area contributed by atoms with Crippen molar-refractivity contribution >= 4 is 35.0 Å². The van der Waals surface area contributed by atoms with Gasteiger partial charge in [0.25, 0.3) is 0 Å². The molecule has 0 aliphatic heterocycles. The van der Waals surface area contributed by atoms with E-state index in [2.05, 4.69) is 10.4 Å². The molecule has 2 heterocycles. The Morgan fingerprint density at radius 1 is 1.47 bits per heavy atom. The number of aryl methyl sites for hydroxylation is 1. The molecule has 19 heavy (non-hydrogen) atoms. The van der Waals surface area contributed by atoms with Crippen molar-refractivity contribution in [3.8, 4) is 0 Å². The van der Waals surface area contributed by atoms with Crippen LogP contribution in [-0.2, 0) is 11.8 Å². The van der Waals surface area contributed by atoms with E-state index in [4.69, 9.17) is 5.11 Å². The summed E-state index contributed by atoms with van der Waals surface area (Å²) in [5.74, 6) is -1.44. The van der Waals surface area contributed by atoms with E-state index in [1.807, 2.05) is 0 Å². The lowest BCUT2D eigenvalue weighted by Gasteiger charge is -2.00. The molecule has 0 aliphatic carbocycles. The lowest BCUT2D eigenvalue weighted by atomic mass is 10.3. The molecule has 6 nitrogen and oxygen atoms in total. The van der Waals surface area contributed by atoms with Gasteiger partial charge < -0.3 is 10.4 Å². The highest BCUT2D eigenvalue weighted by Crippen LogP contribution is 2.22. The molecule has 1 amide bonds. The zero-order valence-electron chi connectivity index (χ0n) is 10.0. The van der Waals surface area contributed by atoms with Gasteiger partial charge in [-0.05, 0) is 23.6 Å². The Labute approximate surface area is 113 Å². The maximum Gasteiger partial charge on any atom is 0.348 e. The third-order valence-corrected chi connectivity index (χ3v) is 3.28. The van der Waals surface area contributed by atoms with Gasteiger partial charge in [0.15, 0.2) is 0 Å². The van der Waals surface area contributed by atoms with Crippen molar-refractivity contribution in [1.82, 2.24) is 9.78 Å². The number of aromatic carboxylic acids is 1. The zero-order chi connectivity index (χ0) is 13.8. The van der Waals surface area contributed by atoms with Gasteiger partial charge in [-0.15, -0.1) is 11.3 Å². The highest BCUT2D eigenvalue weighted by atomic mass is 32.1. The first-order chi connectivity index (χ1) is 9.08. The van der Waals surface area contributed by atoms with Gasteiger partial charge >= 0.3 is 5.97 Å². The summed E-state index contributed by atoms with van der Waals surface area (Å²) in [5, 5.41) is 17.0. The van der Waals surface area contributed by atoms with Crippen LogP contribution in [0.4, 0.5) is 5.69 Å². The van der Waals surface area contributed by atoms with E-state index < -0.39 is 5.97 Å². The molecule has 0 unspecified atom stereocenters. The number of aromatic nitrogens is 2. The fourth-order valence-corrected chi connectivity index (χ4v) is 2.14. The summed E-state index contributed by atoms with van der Waals surface area (Å²) >= 11 is 1.07. The van der Waals surface area contributed by atoms with E-state index in [0.717, 1.165) is 17.0 Å². The van der Waals surface area contributed by atoms with Gasteiger partial charge in [0.2, 0.25) is 5.91 Å². The predicted octanol–water partition coefficient (Wildman–Crippen LogP) is 1.83. The van der Waals surface area contributed by atoms with Crippen LogP contribution in [0.25, 0.3) is 6.08 Å². The van der Waals surface area contributed by atoms with Gasteiger partial charge in [0, 0.05) is 19.3 Å². The average molecular weight is 277 g/mol. The number of thiophene rings is 1. The van der Waals surface area contributed by atoms with Crippen molar-refractivity contribution in [1.29, 1.82) is 0 Å². The minimum atomic E-state index is -1.05. The van der Waals surface area contributed by atoms with Gasteiger partial charge in [0.05, 0.1) is 11.4 Å². The number of carbonyl (C=O) groups is 2. The first-order valence-electron chi connectivity index (χ1n) is 5.36. The fourth-order valence-electron chi connectivity index (χ4n) is 1.46. The highest BCUT2D eigenvalue weighted by Gasteiger charge is 2.12. The Balaban J connectivity index is 2.06. The van der Waals surface area contributed by atoms with Crippen LogP contribution in [0.2, 0.25) is 0 Å². The van der Waals surface area contributed by atoms with Crippen LogP contribution in [0.1, 0.15) is 15.4 Å². The van der Waals surface area contributed by atoms with Crippen LogP contribution >= 0.6 is 11.3 Å². The van der Waals surface area contributed by atoms with E-state index in [0.29, 0.717) is 5.69 Å². The summed E-state index contributed by atoms with van der Waals surface area (Å²) in [6.07, 6.45) is 4.56. The van der Waals surface area contributed by atoms with Crippen molar-refractivity contribution in [2.75, 3.05) is 5.32 Å². The lowest BCUT2D eigenvalue weighted by Crippen LogP contribution is -2.10. The van der Waals surface area contributed by atoms with Gasteiger partial charge in [-0.3, -0.25) is 9.48 Å². The Kier molecular flexibility index (Phi) is 3.76. The smallest absolute Gasteiger partial charge is 0.348 e. The molecular weight excluding hydrogens is 266 g/mol. The number of hydrogen-bond acceptors (Lipinski definition) is 4. The van der Waals surface area contributed by atoms with E-state index >= 15 is 0 Å². The third-order valence-electron chi connectivity index (χ3n) is 2.38. The van der Waals surface area contributed by atoms with E-state index in [1.165, 1.54) is 6.08 Å². The Hall–Kier alpha value is -2.41. The molecule has 0 aliphatic rings. The van der Waals surface area contributed by atoms with E-state index in [9.17, 15) is 9.59 Å². The van der Waals surface area contributed by atoms with E-state index in [-0.39, 0.29) is 10.8 Å². The number of nitrogens with zero attached hydrogens (tertiary/aromatic N) is 2. The van der Waals surface area contributed by atoms with Crippen molar-refractivity contribution in [2.24, 2.45) is 7.05 Å². The van der Waals surface area contributed by atoms with Gasteiger partial charge in [0.1, 0.15) is 4.88 Å². The standard InChI is InChI=1S/C12H11N3O3S/c1-15-8(4-6-13-15)2-3-10(16)14-9-5-7-19-11(9)12(17)18/h2-7H,1H3,(H,14,16)(H,17,18)/b3-2+. The Morgan fingerprint density at radius 2 is 2.26 bits per heavy atom. The van der Waals surface area contributed by atoms with Crippen LogP contribution in [-0.4, -0.2) is 26.8 Å². The predicted molar refractivity (Wildman–Crippen MR) is 72.2 cm³/mol. The average Bonchev–Trinajstić information content (AvgIpc) is 2.95. The van der Waals surface area contributed by atoms with E-state index in [1.54, 1.807) is 41.5 Å². The normalized spacial score (nSPS) is 10.8. The number of carbonyl (C=O) groups excluding carboxylic acids is 1. The minimum absolute atomic E-state index is 0.113. The molecule has 7 heteroatoms. The second kappa shape index (κ2) is 5.49. The molecule has 0 bridgehead atoms. The molecule has 2 aromatic rings. The van der Waals surface area contributed by atoms with Crippen molar-refractivity contribution in [3.63, 3.8) is 0 Å². The summed E-state index contributed by atoms with van der Waals surface area (Å²) in [6.45, 7) is 0. The Morgan fingerprint density at radius 3 is 2.89 bits per heavy atom. The first kappa shape index (κ1) is 13.0. The molecule has 0 radical (unpaired) electrons. The molecule has 0 saturated heterocycles. The Bertz CT molecular complexity index is 642. The number of nitrogens with one attached hydrogen (secondary N) is 1. The number of hydrogen-bond donors (Lipinski definition) is 2. The van der Waals surface area contributed by atoms with Crippen LogP contribution in [0, 0.1) is 0 Å². The molecule has 0 aromatic carbocycles. The molecule has 0 fully saturated rings. The summed E-state index contributed by atoms with van der Waals surface area (Å²) in [7, 11) is 1.76. The quantitative estimate of drug-likeness (QED) is 0.835. The molecule has 2 N–H and O–H groups in total. The minimum Gasteiger partial charge on any atom is -0.477 e. The summed E-state index contributed by atoms with van der Waals surface area (Å²) in [6, 6.07) is 3.32. The summed E-state index contributed by atoms with van der Waals surface area (Å²) < 4.78 is 1.62. The monoisotopic (exact) mass is 277 g/mol. The number of amides is 1. The second-order valence-corrected chi connectivity index (χ2v) is 4.59. The summed E-state index contributed by atoms with van der Waals surface area (Å²) in [4.78, 5) is 22.7. The largest absolute Gasteiger partial charge is 0.477 e. The molecule has 98 valence electrons. The summed E-state index contributed by atoms with van der Waals surface area (Å²) in [5.41, 5.74) is 1.08. The van der Waals surface area contributed by atoms with Gasteiger partial charge in [-0.25, -0.2) is 4.79 Å². The van der Waals surface area contributed by atoms with Crippen LogP contribution in [0.5, 0.6) is 0 Å². The molecule has 2 aromatic heterocycles. The zero-order valence-corrected chi connectivity index (χ0v) is 10.8. The third kappa shape index (κ3) is 3.08. The maximum absolute atomic E-state index is 11.7. The molecular formula is C12H11N3O3S. The highest BCUT2D eigenvalue weighted by molar-refractivity contribution is 7.12. The van der Waals surface area contributed by atoms with Gasteiger partial charge in [-0.1, -0.05) is 0 Å². The number of rotatable bonds is 4. The van der Waals surface area contributed by atoms with Crippen LogP contribution in [0.3, 0.4) is 0 Å². The number of carboxylic acid groups (broad SMARTS) is 1. The van der Waals surface area contributed by atoms with Gasteiger partial charge in [-0.2, -0.15) is 5.10 Å². The van der Waals surface area contributed by atoms with Crippen LogP contribution in [0.15, 0.2) is 29.8 Å². The molecule has 0 spiro atoms. The van der Waals surface area contributed by atoms with Crippen LogP contribution < -0.4 is 5.32 Å². The van der Waals surface area contributed by atoms with Crippen molar-refractivity contribution < 1.29 is 14.7 Å². The first-order valence-corrected chi connectivity index (χ1v) is 6.24. The fraction of sp³-hybridized carbons (Fsp3) is 0.0833. The SMILES string of the molecule is Cn1nccc1/C=C/C(=O)Nc1ccsc1C(=O)O. The molecule has 0 atom stereocenters. The second-order valence-electron chi connectivity index (χ2n) is 3.67. The van der Waals surface area contributed by atoms with Crippen molar-refractivity contribution in [2.45, 2.75) is 0 Å². The topological polar surface area (TPSA) is 84.2 Å². The molecule has 0 saturated carbocycles. The number of anilines is 1. The number of carboxylic acids is 1.